The number of hydrogen-bond donors (Lipinski definition) is 0. The molecular weight excluding hydrogens is 473 g/mol. The second-order valence-electron chi connectivity index (χ2n) is 8.87. The SMILES string of the molecule is CCc1cc(C)cc(CC)c1C1=C(OCOC)CC(CCSc2ccc(C(F)(F)F)cc2)CC1=O. The summed E-state index contributed by atoms with van der Waals surface area (Å²) in [7, 11) is 1.56. The minimum Gasteiger partial charge on any atom is -0.471 e. The quantitative estimate of drug-likeness (QED) is 0.245. The first kappa shape index (κ1) is 27.3. The van der Waals surface area contributed by atoms with Crippen LogP contribution in [-0.4, -0.2) is 25.4 Å². The van der Waals surface area contributed by atoms with E-state index in [-0.39, 0.29) is 18.5 Å². The summed E-state index contributed by atoms with van der Waals surface area (Å²) in [5, 5.41) is 0. The second-order valence-corrected chi connectivity index (χ2v) is 10.0. The maximum absolute atomic E-state index is 13.5. The van der Waals surface area contributed by atoms with E-state index in [1.807, 2.05) is 0 Å². The fraction of sp³-hybridized carbons (Fsp3) is 0.464. The van der Waals surface area contributed by atoms with Crippen LogP contribution in [0.3, 0.4) is 0 Å². The van der Waals surface area contributed by atoms with Crippen molar-refractivity contribution >= 4 is 23.1 Å². The summed E-state index contributed by atoms with van der Waals surface area (Å²) in [4.78, 5) is 14.3. The van der Waals surface area contributed by atoms with E-state index in [9.17, 15) is 18.0 Å². The van der Waals surface area contributed by atoms with Gasteiger partial charge in [-0.1, -0.05) is 31.5 Å². The predicted molar refractivity (Wildman–Crippen MR) is 134 cm³/mol. The Kier molecular flexibility index (Phi) is 9.47. The highest BCUT2D eigenvalue weighted by Gasteiger charge is 2.32. The van der Waals surface area contributed by atoms with Crippen LogP contribution in [0.2, 0.25) is 0 Å². The van der Waals surface area contributed by atoms with Crippen molar-refractivity contribution in [2.45, 2.75) is 63.9 Å². The van der Waals surface area contributed by atoms with Gasteiger partial charge in [-0.25, -0.2) is 0 Å². The number of alkyl halides is 3. The van der Waals surface area contributed by atoms with Gasteiger partial charge in [-0.2, -0.15) is 13.2 Å². The number of ether oxygens (including phenoxy) is 2. The lowest BCUT2D eigenvalue weighted by Gasteiger charge is -2.28. The Bertz CT molecular complexity index is 1030. The van der Waals surface area contributed by atoms with E-state index in [0.717, 1.165) is 53.0 Å². The lowest BCUT2D eigenvalue weighted by atomic mass is 9.79. The Labute approximate surface area is 210 Å². The Balaban J connectivity index is 1.78. The number of rotatable bonds is 10. The third-order valence-electron chi connectivity index (χ3n) is 6.29. The van der Waals surface area contributed by atoms with E-state index in [1.165, 1.54) is 29.5 Å². The number of halogens is 3. The van der Waals surface area contributed by atoms with E-state index in [0.29, 0.717) is 29.9 Å². The standard InChI is InChI=1S/C28H33F3O3S/c1-5-20-13-18(3)14-21(6-2)26(20)27-24(32)15-19(16-25(27)34-17-33-4)11-12-35-23-9-7-22(8-10-23)28(29,30)31/h7-10,13-14,19H,5-6,11-12,15-17H2,1-4H3. The summed E-state index contributed by atoms with van der Waals surface area (Å²) in [6, 6.07) is 9.51. The van der Waals surface area contributed by atoms with Crippen molar-refractivity contribution in [1.29, 1.82) is 0 Å². The van der Waals surface area contributed by atoms with Crippen molar-refractivity contribution in [2.75, 3.05) is 19.7 Å². The number of thioether (sulfide) groups is 1. The Morgan fingerprint density at radius 1 is 1.03 bits per heavy atom. The van der Waals surface area contributed by atoms with Crippen LogP contribution < -0.4 is 0 Å². The largest absolute Gasteiger partial charge is 0.471 e. The third-order valence-corrected chi connectivity index (χ3v) is 7.34. The lowest BCUT2D eigenvalue weighted by molar-refractivity contribution is -0.137. The molecular formula is C28H33F3O3S. The number of aryl methyl sites for hydroxylation is 3. The summed E-state index contributed by atoms with van der Waals surface area (Å²) in [5.41, 5.74) is 4.53. The monoisotopic (exact) mass is 506 g/mol. The molecule has 7 heteroatoms. The number of Topliss-reactive ketones (excluding diaryl/α,β-unsaturated/α-hetero) is 1. The smallest absolute Gasteiger partial charge is 0.416 e. The molecule has 0 aromatic heterocycles. The average Bonchev–Trinajstić information content (AvgIpc) is 2.82. The normalized spacial score (nSPS) is 16.7. The van der Waals surface area contributed by atoms with E-state index in [4.69, 9.17) is 9.47 Å². The maximum Gasteiger partial charge on any atom is 0.416 e. The van der Waals surface area contributed by atoms with Crippen LogP contribution in [0.1, 0.15) is 60.9 Å². The molecule has 0 aliphatic heterocycles. The number of carbonyl (C=O) groups is 1. The molecule has 1 unspecified atom stereocenters. The van der Waals surface area contributed by atoms with Gasteiger partial charge >= 0.3 is 6.18 Å². The molecule has 0 saturated heterocycles. The first-order chi connectivity index (χ1) is 16.7. The summed E-state index contributed by atoms with van der Waals surface area (Å²) < 4.78 is 49.5. The van der Waals surface area contributed by atoms with Gasteiger partial charge in [0, 0.05) is 24.8 Å². The number of hydrogen-bond acceptors (Lipinski definition) is 4. The molecule has 0 heterocycles. The van der Waals surface area contributed by atoms with Gasteiger partial charge < -0.3 is 9.47 Å². The zero-order valence-corrected chi connectivity index (χ0v) is 21.6. The van der Waals surface area contributed by atoms with Crippen LogP contribution >= 0.6 is 11.8 Å². The molecule has 1 aliphatic carbocycles. The molecule has 0 radical (unpaired) electrons. The van der Waals surface area contributed by atoms with Gasteiger partial charge in [0.05, 0.1) is 11.1 Å². The topological polar surface area (TPSA) is 35.5 Å². The van der Waals surface area contributed by atoms with Crippen LogP contribution in [0.4, 0.5) is 13.2 Å². The van der Waals surface area contributed by atoms with Crippen molar-refractivity contribution in [2.24, 2.45) is 5.92 Å². The average molecular weight is 507 g/mol. The van der Waals surface area contributed by atoms with E-state index in [1.54, 1.807) is 7.11 Å². The molecule has 3 nitrogen and oxygen atoms in total. The van der Waals surface area contributed by atoms with Gasteiger partial charge in [0.1, 0.15) is 5.76 Å². The van der Waals surface area contributed by atoms with Crippen molar-refractivity contribution in [1.82, 2.24) is 0 Å². The van der Waals surface area contributed by atoms with E-state index >= 15 is 0 Å². The van der Waals surface area contributed by atoms with Gasteiger partial charge in [0.25, 0.3) is 0 Å². The molecule has 0 fully saturated rings. The lowest BCUT2D eigenvalue weighted by Crippen LogP contribution is -2.22. The molecule has 35 heavy (non-hydrogen) atoms. The molecule has 0 N–H and O–H groups in total. The molecule has 0 bridgehead atoms. The van der Waals surface area contributed by atoms with Gasteiger partial charge in [-0.05, 0) is 78.8 Å². The molecule has 2 aromatic rings. The highest BCUT2D eigenvalue weighted by molar-refractivity contribution is 7.99. The highest BCUT2D eigenvalue weighted by atomic mass is 32.2. The first-order valence-electron chi connectivity index (χ1n) is 12.0. The van der Waals surface area contributed by atoms with Crippen LogP contribution in [-0.2, 0) is 33.3 Å². The van der Waals surface area contributed by atoms with Gasteiger partial charge in [-0.3, -0.25) is 4.79 Å². The highest BCUT2D eigenvalue weighted by Crippen LogP contribution is 2.39. The Morgan fingerprint density at radius 2 is 1.66 bits per heavy atom. The minimum absolute atomic E-state index is 0.0773. The van der Waals surface area contributed by atoms with Crippen LogP contribution in [0, 0.1) is 12.8 Å². The molecule has 0 saturated carbocycles. The third kappa shape index (κ3) is 6.91. The molecule has 1 atom stereocenters. The molecule has 3 rings (SSSR count). The van der Waals surface area contributed by atoms with Crippen molar-refractivity contribution in [3.05, 3.63) is 70.0 Å². The second kappa shape index (κ2) is 12.1. The molecule has 0 spiro atoms. The molecule has 1 aliphatic rings. The predicted octanol–water partition coefficient (Wildman–Crippen LogP) is 7.63. The van der Waals surface area contributed by atoms with Gasteiger partial charge in [0.15, 0.2) is 12.6 Å². The molecule has 0 amide bonds. The summed E-state index contributed by atoms with van der Waals surface area (Å²) in [6.07, 6.45) is -0.848. The number of carbonyl (C=O) groups excluding carboxylic acids is 1. The van der Waals surface area contributed by atoms with Gasteiger partial charge in [0.2, 0.25) is 0 Å². The van der Waals surface area contributed by atoms with Crippen LogP contribution in [0.25, 0.3) is 5.57 Å². The number of methoxy groups -OCH3 is 1. The fourth-order valence-corrected chi connectivity index (χ4v) is 5.62. The maximum atomic E-state index is 13.5. The summed E-state index contributed by atoms with van der Waals surface area (Å²) >= 11 is 1.50. The van der Waals surface area contributed by atoms with Crippen molar-refractivity contribution in [3.63, 3.8) is 0 Å². The van der Waals surface area contributed by atoms with Crippen molar-refractivity contribution in [3.8, 4) is 0 Å². The van der Waals surface area contributed by atoms with Crippen LogP contribution in [0.5, 0.6) is 0 Å². The summed E-state index contributed by atoms with van der Waals surface area (Å²) in [6.45, 7) is 6.35. The Morgan fingerprint density at radius 3 is 2.20 bits per heavy atom. The van der Waals surface area contributed by atoms with E-state index < -0.39 is 11.7 Å². The zero-order valence-electron chi connectivity index (χ0n) is 20.8. The zero-order chi connectivity index (χ0) is 25.6. The van der Waals surface area contributed by atoms with E-state index in [2.05, 4.69) is 32.9 Å². The minimum atomic E-state index is -4.33. The van der Waals surface area contributed by atoms with Crippen LogP contribution in [0.15, 0.2) is 47.1 Å². The first-order valence-corrected chi connectivity index (χ1v) is 13.0. The number of ketones is 1. The number of benzene rings is 2. The molecule has 190 valence electrons. The molecule has 2 aromatic carbocycles. The fourth-order valence-electron chi connectivity index (χ4n) is 4.60. The van der Waals surface area contributed by atoms with Gasteiger partial charge in [-0.15, -0.1) is 11.8 Å². The number of allylic oxidation sites excluding steroid dienone is 2. The Hall–Kier alpha value is -2.25. The summed E-state index contributed by atoms with van der Waals surface area (Å²) in [5.74, 6) is 1.59. The van der Waals surface area contributed by atoms with Crippen molar-refractivity contribution < 1.29 is 27.4 Å².